The summed E-state index contributed by atoms with van der Waals surface area (Å²) in [5.41, 5.74) is 1.46. The molecule has 2 aliphatic carbocycles. The van der Waals surface area contributed by atoms with Crippen LogP contribution in [0.25, 0.3) is 0 Å². The van der Waals surface area contributed by atoms with Gasteiger partial charge in [-0.25, -0.2) is 0 Å². The lowest BCUT2D eigenvalue weighted by atomic mass is 9.89. The minimum absolute atomic E-state index is 0.731. The molecule has 19 heavy (non-hydrogen) atoms. The molecule has 0 amide bonds. The number of aromatic nitrogens is 1. The largest absolute Gasteiger partial charge is 0.350 e. The van der Waals surface area contributed by atoms with Gasteiger partial charge < -0.3 is 9.88 Å². The molecule has 106 valence electrons. The molecule has 1 aromatic rings. The van der Waals surface area contributed by atoms with Crippen molar-refractivity contribution in [1.29, 1.82) is 0 Å². The second kappa shape index (κ2) is 5.70. The smallest absolute Gasteiger partial charge is 0.0359 e. The summed E-state index contributed by atoms with van der Waals surface area (Å²) in [7, 11) is 0. The second-order valence-electron chi connectivity index (χ2n) is 7.11. The van der Waals surface area contributed by atoms with Gasteiger partial charge in [0.2, 0.25) is 0 Å². The molecule has 0 saturated heterocycles. The summed E-state index contributed by atoms with van der Waals surface area (Å²) in [6, 6.07) is 4.49. The molecule has 0 spiro atoms. The van der Waals surface area contributed by atoms with Crippen molar-refractivity contribution in [2.45, 2.75) is 52.6 Å². The Bertz CT molecular complexity index is 407. The van der Waals surface area contributed by atoms with Crippen LogP contribution in [0.4, 0.5) is 0 Å². The van der Waals surface area contributed by atoms with Crippen LogP contribution >= 0.6 is 0 Å². The summed E-state index contributed by atoms with van der Waals surface area (Å²) in [5.74, 6) is 3.78. The molecular weight excluding hydrogens is 232 g/mol. The first-order valence-corrected chi connectivity index (χ1v) is 8.07. The third-order valence-corrected chi connectivity index (χ3v) is 5.10. The number of nitrogens with zero attached hydrogens (tertiary/aromatic N) is 1. The zero-order valence-corrected chi connectivity index (χ0v) is 12.4. The summed E-state index contributed by atoms with van der Waals surface area (Å²) < 4.78 is 2.50. The highest BCUT2D eigenvalue weighted by atomic mass is 15.0. The van der Waals surface area contributed by atoms with Gasteiger partial charge in [0.15, 0.2) is 0 Å². The van der Waals surface area contributed by atoms with Crippen LogP contribution < -0.4 is 5.32 Å². The number of fused-ring (bicyclic) bond motifs is 2. The molecule has 0 radical (unpaired) electrons. The Morgan fingerprint density at radius 1 is 1.32 bits per heavy atom. The Labute approximate surface area is 117 Å². The zero-order chi connectivity index (χ0) is 13.2. The van der Waals surface area contributed by atoms with Gasteiger partial charge in [0.25, 0.3) is 0 Å². The molecule has 2 bridgehead atoms. The van der Waals surface area contributed by atoms with Crippen LogP contribution in [-0.4, -0.2) is 11.1 Å². The van der Waals surface area contributed by atoms with E-state index in [4.69, 9.17) is 0 Å². The Hall–Kier alpha value is -0.760. The maximum absolute atomic E-state index is 3.57. The molecule has 3 atom stereocenters. The summed E-state index contributed by atoms with van der Waals surface area (Å²) in [6.07, 6.45) is 8.29. The SMILES string of the molecule is CC(C)CNCc1cccn1CC1CC2CCC1C2. The molecule has 2 aliphatic rings. The van der Waals surface area contributed by atoms with Gasteiger partial charge in [-0.3, -0.25) is 0 Å². The standard InChI is InChI=1S/C17H28N2/c1-13(2)10-18-11-17-4-3-7-19(17)12-16-9-14-5-6-15(16)8-14/h3-4,7,13-16,18H,5-6,8-12H2,1-2H3. The van der Waals surface area contributed by atoms with E-state index in [1.165, 1.54) is 37.9 Å². The third kappa shape index (κ3) is 3.05. The van der Waals surface area contributed by atoms with Crippen LogP contribution in [0, 0.1) is 23.7 Å². The Kier molecular flexibility index (Phi) is 3.97. The molecule has 2 heteroatoms. The van der Waals surface area contributed by atoms with Gasteiger partial charge in [0.05, 0.1) is 0 Å². The van der Waals surface area contributed by atoms with E-state index in [9.17, 15) is 0 Å². The highest BCUT2D eigenvalue weighted by Crippen LogP contribution is 2.48. The van der Waals surface area contributed by atoms with Crippen LogP contribution in [0.3, 0.4) is 0 Å². The van der Waals surface area contributed by atoms with Crippen LogP contribution in [0.5, 0.6) is 0 Å². The molecule has 3 rings (SSSR count). The fourth-order valence-electron chi connectivity index (χ4n) is 4.13. The van der Waals surface area contributed by atoms with Crippen LogP contribution in [0.15, 0.2) is 18.3 Å². The van der Waals surface area contributed by atoms with Crippen molar-refractivity contribution in [2.24, 2.45) is 23.7 Å². The third-order valence-electron chi connectivity index (χ3n) is 5.10. The lowest BCUT2D eigenvalue weighted by Crippen LogP contribution is -2.23. The quantitative estimate of drug-likeness (QED) is 0.826. The molecule has 2 nitrogen and oxygen atoms in total. The first-order valence-electron chi connectivity index (χ1n) is 8.07. The maximum atomic E-state index is 3.57. The number of hydrogen-bond donors (Lipinski definition) is 1. The van der Waals surface area contributed by atoms with E-state index in [2.05, 4.69) is 42.1 Å². The molecular formula is C17H28N2. The Balaban J connectivity index is 1.55. The van der Waals surface area contributed by atoms with E-state index >= 15 is 0 Å². The maximum Gasteiger partial charge on any atom is 0.0359 e. The van der Waals surface area contributed by atoms with Gasteiger partial charge in [-0.15, -0.1) is 0 Å². The van der Waals surface area contributed by atoms with Crippen molar-refractivity contribution in [2.75, 3.05) is 6.54 Å². The van der Waals surface area contributed by atoms with Crippen molar-refractivity contribution in [3.8, 4) is 0 Å². The Morgan fingerprint density at radius 3 is 2.89 bits per heavy atom. The zero-order valence-electron chi connectivity index (χ0n) is 12.4. The van der Waals surface area contributed by atoms with Gasteiger partial charge in [-0.2, -0.15) is 0 Å². The van der Waals surface area contributed by atoms with Crippen LogP contribution in [0.1, 0.15) is 45.2 Å². The summed E-state index contributed by atoms with van der Waals surface area (Å²) in [4.78, 5) is 0. The van der Waals surface area contributed by atoms with E-state index in [0.29, 0.717) is 0 Å². The van der Waals surface area contributed by atoms with Crippen LogP contribution in [-0.2, 0) is 13.1 Å². The van der Waals surface area contributed by atoms with E-state index in [-0.39, 0.29) is 0 Å². The second-order valence-corrected chi connectivity index (χ2v) is 7.11. The fourth-order valence-corrected chi connectivity index (χ4v) is 4.13. The molecule has 0 aliphatic heterocycles. The molecule has 3 unspecified atom stereocenters. The molecule has 2 fully saturated rings. The number of rotatable bonds is 6. The van der Waals surface area contributed by atoms with Crippen molar-refractivity contribution < 1.29 is 0 Å². The van der Waals surface area contributed by atoms with Gasteiger partial charge >= 0.3 is 0 Å². The number of nitrogens with one attached hydrogen (secondary N) is 1. The summed E-state index contributed by atoms with van der Waals surface area (Å²) >= 11 is 0. The topological polar surface area (TPSA) is 17.0 Å². The average molecular weight is 260 g/mol. The minimum atomic E-state index is 0.731. The van der Waals surface area contributed by atoms with Gasteiger partial charge in [0.1, 0.15) is 0 Å². The van der Waals surface area contributed by atoms with E-state index < -0.39 is 0 Å². The van der Waals surface area contributed by atoms with E-state index in [1.807, 2.05) is 0 Å². The first-order chi connectivity index (χ1) is 9.22. The predicted octanol–water partition coefficient (Wildman–Crippen LogP) is 3.67. The van der Waals surface area contributed by atoms with Crippen molar-refractivity contribution in [3.63, 3.8) is 0 Å². The van der Waals surface area contributed by atoms with Crippen molar-refractivity contribution in [3.05, 3.63) is 24.0 Å². The van der Waals surface area contributed by atoms with Crippen molar-refractivity contribution in [1.82, 2.24) is 9.88 Å². The first kappa shape index (κ1) is 13.2. The molecule has 1 N–H and O–H groups in total. The van der Waals surface area contributed by atoms with Gasteiger partial charge in [-0.05, 0) is 61.6 Å². The van der Waals surface area contributed by atoms with Gasteiger partial charge in [0, 0.05) is 25.0 Å². The molecule has 1 heterocycles. The summed E-state index contributed by atoms with van der Waals surface area (Å²) in [6.45, 7) is 7.92. The van der Waals surface area contributed by atoms with Crippen LogP contribution in [0.2, 0.25) is 0 Å². The monoisotopic (exact) mass is 260 g/mol. The molecule has 1 aromatic heterocycles. The van der Waals surface area contributed by atoms with Gasteiger partial charge in [-0.1, -0.05) is 20.3 Å². The fraction of sp³-hybridized carbons (Fsp3) is 0.765. The number of hydrogen-bond acceptors (Lipinski definition) is 1. The minimum Gasteiger partial charge on any atom is -0.350 e. The predicted molar refractivity (Wildman–Crippen MR) is 79.9 cm³/mol. The van der Waals surface area contributed by atoms with E-state index in [1.54, 1.807) is 0 Å². The Morgan fingerprint density at radius 2 is 2.21 bits per heavy atom. The summed E-state index contributed by atoms with van der Waals surface area (Å²) in [5, 5.41) is 3.57. The molecule has 0 aromatic carbocycles. The highest BCUT2D eigenvalue weighted by molar-refractivity contribution is 5.07. The van der Waals surface area contributed by atoms with Crippen molar-refractivity contribution >= 4 is 0 Å². The molecule has 2 saturated carbocycles. The lowest BCUT2D eigenvalue weighted by Gasteiger charge is -2.23. The highest BCUT2D eigenvalue weighted by Gasteiger charge is 2.39. The van der Waals surface area contributed by atoms with E-state index in [0.717, 1.165) is 36.8 Å². The normalized spacial score (nSPS) is 29.5. The average Bonchev–Trinajstić information content (AvgIpc) is 3.06. The lowest BCUT2D eigenvalue weighted by molar-refractivity contribution is 0.292.